The highest BCUT2D eigenvalue weighted by atomic mass is 79.9. The lowest BCUT2D eigenvalue weighted by molar-refractivity contribution is -0.116. The quantitative estimate of drug-likeness (QED) is 0.517. The van der Waals surface area contributed by atoms with Crippen molar-refractivity contribution < 1.29 is 14.3 Å². The van der Waals surface area contributed by atoms with Crippen LogP contribution in [0.5, 0.6) is 5.75 Å². The van der Waals surface area contributed by atoms with Gasteiger partial charge >= 0.3 is 0 Å². The van der Waals surface area contributed by atoms with Crippen LogP contribution in [0.1, 0.15) is 37.0 Å². The highest BCUT2D eigenvalue weighted by Gasteiger charge is 2.15. The van der Waals surface area contributed by atoms with Gasteiger partial charge in [0.15, 0.2) is 5.11 Å². The van der Waals surface area contributed by atoms with Crippen molar-refractivity contribution in [3.05, 3.63) is 52.5 Å². The van der Waals surface area contributed by atoms with Gasteiger partial charge in [-0.3, -0.25) is 14.9 Å². The fourth-order valence-corrected chi connectivity index (χ4v) is 2.99. The Bertz CT molecular complexity index is 874. The second-order valence-corrected chi connectivity index (χ2v) is 7.18. The summed E-state index contributed by atoms with van der Waals surface area (Å²) in [4.78, 5) is 24.3. The second kappa shape index (κ2) is 10.8. The number of carbonyl (C=O) groups is 2. The molecule has 0 fully saturated rings. The minimum atomic E-state index is -0.380. The lowest BCUT2D eigenvalue weighted by Gasteiger charge is -2.13. The molecule has 8 heteroatoms. The highest BCUT2D eigenvalue weighted by Crippen LogP contribution is 2.23. The normalized spacial score (nSPS) is 10.1. The van der Waals surface area contributed by atoms with E-state index in [1.165, 1.54) is 0 Å². The number of ether oxygens (including phenoxy) is 1. The van der Waals surface area contributed by atoms with Crippen LogP contribution in [-0.2, 0) is 4.79 Å². The summed E-state index contributed by atoms with van der Waals surface area (Å²) in [5.74, 6) is 0.0509. The summed E-state index contributed by atoms with van der Waals surface area (Å²) in [7, 11) is 0. The Morgan fingerprint density at radius 3 is 2.46 bits per heavy atom. The van der Waals surface area contributed by atoms with Crippen LogP contribution < -0.4 is 20.7 Å². The van der Waals surface area contributed by atoms with Crippen LogP contribution in [-0.4, -0.2) is 23.5 Å². The van der Waals surface area contributed by atoms with E-state index in [0.717, 1.165) is 10.9 Å². The van der Waals surface area contributed by atoms with E-state index in [1.54, 1.807) is 42.5 Å². The standard InChI is InChI=1S/C20H22BrN3O3S/c1-3-6-18(25)22-14-7-5-8-15(12-14)23-20(28)24-19(26)16-11-13(21)9-10-17(16)27-4-2/h5,7-12H,3-4,6H2,1-2H3,(H,22,25)(H2,23,24,26,28). The van der Waals surface area contributed by atoms with Crippen LogP contribution in [0, 0.1) is 0 Å². The molecule has 0 bridgehead atoms. The maximum absolute atomic E-state index is 12.6. The summed E-state index contributed by atoms with van der Waals surface area (Å²) in [6.07, 6.45) is 1.24. The number of anilines is 2. The first-order valence-electron chi connectivity index (χ1n) is 8.87. The van der Waals surface area contributed by atoms with Crippen molar-refractivity contribution in [2.45, 2.75) is 26.7 Å². The molecule has 0 saturated carbocycles. The Labute approximate surface area is 178 Å². The predicted octanol–water partition coefficient (Wildman–Crippen LogP) is 4.71. The Balaban J connectivity index is 2.03. The van der Waals surface area contributed by atoms with Crippen LogP contribution in [0.3, 0.4) is 0 Å². The second-order valence-electron chi connectivity index (χ2n) is 5.86. The van der Waals surface area contributed by atoms with Crippen molar-refractivity contribution in [1.29, 1.82) is 0 Å². The number of amides is 2. The van der Waals surface area contributed by atoms with Gasteiger partial charge in [-0.25, -0.2) is 0 Å². The number of rotatable bonds is 7. The summed E-state index contributed by atoms with van der Waals surface area (Å²) in [6.45, 7) is 4.24. The summed E-state index contributed by atoms with van der Waals surface area (Å²) in [6, 6.07) is 12.3. The van der Waals surface area contributed by atoms with Crippen molar-refractivity contribution in [1.82, 2.24) is 5.32 Å². The van der Waals surface area contributed by atoms with Crippen molar-refractivity contribution in [2.24, 2.45) is 0 Å². The van der Waals surface area contributed by atoms with Crippen molar-refractivity contribution in [3.8, 4) is 5.75 Å². The van der Waals surface area contributed by atoms with Crippen molar-refractivity contribution in [3.63, 3.8) is 0 Å². The lowest BCUT2D eigenvalue weighted by Crippen LogP contribution is -2.34. The van der Waals surface area contributed by atoms with Gasteiger partial charge in [-0.15, -0.1) is 0 Å². The van der Waals surface area contributed by atoms with E-state index in [4.69, 9.17) is 17.0 Å². The molecule has 0 radical (unpaired) electrons. The monoisotopic (exact) mass is 463 g/mol. The maximum atomic E-state index is 12.6. The van der Waals surface area contributed by atoms with Gasteiger partial charge in [0, 0.05) is 22.3 Å². The van der Waals surface area contributed by atoms with Crippen molar-refractivity contribution >= 4 is 56.4 Å². The van der Waals surface area contributed by atoms with Crippen LogP contribution in [0.2, 0.25) is 0 Å². The SMILES string of the molecule is CCCC(=O)Nc1cccc(NC(=S)NC(=O)c2cc(Br)ccc2OCC)c1. The first-order chi connectivity index (χ1) is 13.4. The number of carbonyl (C=O) groups excluding carboxylic acids is 2. The van der Waals surface area contributed by atoms with Crippen LogP contribution >= 0.6 is 28.1 Å². The number of hydrogen-bond donors (Lipinski definition) is 3. The van der Waals surface area contributed by atoms with E-state index in [2.05, 4.69) is 31.9 Å². The molecule has 0 aliphatic rings. The fraction of sp³-hybridized carbons (Fsp3) is 0.250. The van der Waals surface area contributed by atoms with E-state index in [0.29, 0.717) is 35.7 Å². The van der Waals surface area contributed by atoms with Gasteiger partial charge in [-0.1, -0.05) is 28.9 Å². The van der Waals surface area contributed by atoms with Crippen LogP contribution in [0.25, 0.3) is 0 Å². The summed E-state index contributed by atoms with van der Waals surface area (Å²) < 4.78 is 6.26. The average Bonchev–Trinajstić information content (AvgIpc) is 2.63. The lowest BCUT2D eigenvalue weighted by atomic mass is 10.2. The summed E-state index contributed by atoms with van der Waals surface area (Å²) >= 11 is 8.60. The number of benzene rings is 2. The van der Waals surface area contributed by atoms with E-state index >= 15 is 0 Å². The minimum absolute atomic E-state index is 0.0476. The number of nitrogens with one attached hydrogen (secondary N) is 3. The zero-order chi connectivity index (χ0) is 20.5. The molecular formula is C20H22BrN3O3S. The molecule has 2 aromatic rings. The Kier molecular flexibility index (Phi) is 8.41. The van der Waals surface area contributed by atoms with Gasteiger partial charge in [0.25, 0.3) is 5.91 Å². The van der Waals surface area contributed by atoms with Crippen LogP contribution in [0.4, 0.5) is 11.4 Å². The average molecular weight is 464 g/mol. The van der Waals surface area contributed by atoms with E-state index in [9.17, 15) is 9.59 Å². The number of hydrogen-bond acceptors (Lipinski definition) is 4. The molecule has 2 amide bonds. The van der Waals surface area contributed by atoms with Crippen molar-refractivity contribution in [2.75, 3.05) is 17.2 Å². The third-order valence-corrected chi connectivity index (χ3v) is 4.29. The maximum Gasteiger partial charge on any atom is 0.261 e. The van der Waals surface area contributed by atoms with Crippen LogP contribution in [0.15, 0.2) is 46.9 Å². The molecule has 0 aliphatic carbocycles. The summed E-state index contributed by atoms with van der Waals surface area (Å²) in [5.41, 5.74) is 1.68. The Morgan fingerprint density at radius 1 is 1.07 bits per heavy atom. The van der Waals surface area contributed by atoms with Gasteiger partial charge in [-0.2, -0.15) is 0 Å². The molecular weight excluding hydrogens is 442 g/mol. The fourth-order valence-electron chi connectivity index (χ4n) is 2.42. The van der Waals surface area contributed by atoms with Gasteiger partial charge in [0.05, 0.1) is 12.2 Å². The predicted molar refractivity (Wildman–Crippen MR) is 119 cm³/mol. The summed E-state index contributed by atoms with van der Waals surface area (Å²) in [5, 5.41) is 8.56. The molecule has 0 unspecified atom stereocenters. The minimum Gasteiger partial charge on any atom is -0.493 e. The third kappa shape index (κ3) is 6.61. The van der Waals surface area contributed by atoms with Gasteiger partial charge in [0.1, 0.15) is 5.75 Å². The van der Waals surface area contributed by atoms with Gasteiger partial charge in [0.2, 0.25) is 5.91 Å². The Hall–Kier alpha value is -2.45. The third-order valence-electron chi connectivity index (χ3n) is 3.59. The number of halogens is 1. The molecule has 0 spiro atoms. The Morgan fingerprint density at radius 2 is 1.79 bits per heavy atom. The van der Waals surface area contributed by atoms with E-state index in [-0.39, 0.29) is 16.9 Å². The molecule has 0 aliphatic heterocycles. The molecule has 148 valence electrons. The highest BCUT2D eigenvalue weighted by molar-refractivity contribution is 9.10. The number of thiocarbonyl (C=S) groups is 1. The smallest absolute Gasteiger partial charge is 0.261 e. The zero-order valence-corrected chi connectivity index (χ0v) is 18.1. The molecule has 0 heterocycles. The van der Waals surface area contributed by atoms with E-state index < -0.39 is 0 Å². The molecule has 2 rings (SSSR count). The molecule has 0 atom stereocenters. The van der Waals surface area contributed by atoms with Gasteiger partial charge in [-0.05, 0) is 62.0 Å². The topological polar surface area (TPSA) is 79.5 Å². The van der Waals surface area contributed by atoms with E-state index in [1.807, 2.05) is 13.8 Å². The zero-order valence-electron chi connectivity index (χ0n) is 15.7. The largest absolute Gasteiger partial charge is 0.493 e. The molecule has 28 heavy (non-hydrogen) atoms. The molecule has 0 aromatic heterocycles. The molecule has 6 nitrogen and oxygen atoms in total. The van der Waals surface area contributed by atoms with Gasteiger partial charge < -0.3 is 15.4 Å². The first-order valence-corrected chi connectivity index (χ1v) is 10.1. The molecule has 3 N–H and O–H groups in total. The first kappa shape index (κ1) is 21.8. The molecule has 2 aromatic carbocycles. The molecule has 0 saturated heterocycles.